The third-order valence-corrected chi connectivity index (χ3v) is 3.09. The average molecular weight is 253 g/mol. The van der Waals surface area contributed by atoms with E-state index in [1.54, 1.807) is 24.0 Å². The molecule has 2 aromatic heterocycles. The molecule has 2 aromatic rings. The van der Waals surface area contributed by atoms with Crippen molar-refractivity contribution in [3.05, 3.63) is 40.7 Å². The fourth-order valence-electron chi connectivity index (χ4n) is 1.70. The Bertz CT molecular complexity index is 512. The monoisotopic (exact) mass is 252 g/mol. The molecule has 0 fully saturated rings. The summed E-state index contributed by atoms with van der Waals surface area (Å²) >= 11 is 6.10. The second-order valence-electron chi connectivity index (χ2n) is 3.83. The van der Waals surface area contributed by atoms with Crippen molar-refractivity contribution in [2.45, 2.75) is 19.4 Å². The van der Waals surface area contributed by atoms with E-state index in [-0.39, 0.29) is 0 Å². The number of aliphatic hydroxyl groups excluding tert-OH is 1. The summed E-state index contributed by atoms with van der Waals surface area (Å²) in [6.45, 7) is 1.87. The molecule has 1 atom stereocenters. The first-order valence-electron chi connectivity index (χ1n) is 5.21. The van der Waals surface area contributed by atoms with Gasteiger partial charge in [0.25, 0.3) is 0 Å². The van der Waals surface area contributed by atoms with E-state index in [0.717, 1.165) is 11.3 Å². The third-order valence-electron chi connectivity index (χ3n) is 2.61. The van der Waals surface area contributed by atoms with Gasteiger partial charge in [-0.3, -0.25) is 4.68 Å². The highest BCUT2D eigenvalue weighted by Crippen LogP contribution is 2.24. The van der Waals surface area contributed by atoms with E-state index in [1.165, 1.54) is 6.33 Å². The molecule has 2 rings (SSSR count). The Kier molecular flexibility index (Phi) is 3.40. The van der Waals surface area contributed by atoms with E-state index in [1.807, 2.05) is 6.92 Å². The molecule has 0 aromatic carbocycles. The summed E-state index contributed by atoms with van der Waals surface area (Å²) in [5.74, 6) is 0. The van der Waals surface area contributed by atoms with Crippen LogP contribution in [-0.4, -0.2) is 24.9 Å². The quantitative estimate of drug-likeness (QED) is 0.898. The highest BCUT2D eigenvalue weighted by atomic mass is 35.5. The first-order valence-corrected chi connectivity index (χ1v) is 5.59. The Morgan fingerprint density at radius 2 is 2.29 bits per heavy atom. The van der Waals surface area contributed by atoms with Gasteiger partial charge in [0.05, 0.1) is 11.4 Å². The van der Waals surface area contributed by atoms with Gasteiger partial charge in [0.2, 0.25) is 0 Å². The van der Waals surface area contributed by atoms with Crippen LogP contribution < -0.4 is 0 Å². The maximum atomic E-state index is 10.0. The molecule has 1 unspecified atom stereocenters. The zero-order valence-electron chi connectivity index (χ0n) is 9.63. The summed E-state index contributed by atoms with van der Waals surface area (Å²) in [6.07, 6.45) is 2.72. The molecule has 17 heavy (non-hydrogen) atoms. The van der Waals surface area contributed by atoms with Gasteiger partial charge < -0.3 is 5.11 Å². The van der Waals surface area contributed by atoms with Crippen molar-refractivity contribution >= 4 is 11.6 Å². The maximum absolute atomic E-state index is 10.0. The molecule has 5 nitrogen and oxygen atoms in total. The smallest absolute Gasteiger partial charge is 0.130 e. The SMILES string of the molecule is Cc1nn(C)c(Cl)c1CC(O)c1ccncn1. The van der Waals surface area contributed by atoms with Gasteiger partial charge in [-0.15, -0.1) is 0 Å². The molecular weight excluding hydrogens is 240 g/mol. The lowest BCUT2D eigenvalue weighted by molar-refractivity contribution is 0.173. The number of halogens is 1. The van der Waals surface area contributed by atoms with Crippen LogP contribution in [0.15, 0.2) is 18.6 Å². The van der Waals surface area contributed by atoms with Gasteiger partial charge in [0, 0.05) is 25.2 Å². The molecule has 2 heterocycles. The minimum Gasteiger partial charge on any atom is -0.386 e. The standard InChI is InChI=1S/C11H13ClN4O/c1-7-8(11(12)16(2)15-7)5-10(17)9-3-4-13-6-14-9/h3-4,6,10,17H,5H2,1-2H3. The van der Waals surface area contributed by atoms with E-state index in [0.29, 0.717) is 17.3 Å². The summed E-state index contributed by atoms with van der Waals surface area (Å²) in [4.78, 5) is 7.82. The fraction of sp³-hybridized carbons (Fsp3) is 0.364. The Morgan fingerprint density at radius 1 is 1.53 bits per heavy atom. The van der Waals surface area contributed by atoms with Crippen molar-refractivity contribution in [1.29, 1.82) is 0 Å². The minimum atomic E-state index is -0.696. The molecule has 0 aliphatic heterocycles. The highest BCUT2D eigenvalue weighted by Gasteiger charge is 2.17. The van der Waals surface area contributed by atoms with Gasteiger partial charge in [-0.2, -0.15) is 5.10 Å². The number of aromatic nitrogens is 4. The van der Waals surface area contributed by atoms with Crippen molar-refractivity contribution in [2.75, 3.05) is 0 Å². The molecule has 0 bridgehead atoms. The van der Waals surface area contributed by atoms with Gasteiger partial charge >= 0.3 is 0 Å². The number of hydrogen-bond donors (Lipinski definition) is 1. The average Bonchev–Trinajstić information content (AvgIpc) is 2.57. The predicted octanol–water partition coefficient (Wildman–Crippen LogP) is 1.45. The number of rotatable bonds is 3. The molecule has 0 saturated carbocycles. The van der Waals surface area contributed by atoms with Crippen LogP contribution in [-0.2, 0) is 13.5 Å². The topological polar surface area (TPSA) is 63.8 Å². The normalized spacial score (nSPS) is 12.7. The van der Waals surface area contributed by atoms with E-state index in [9.17, 15) is 5.11 Å². The van der Waals surface area contributed by atoms with E-state index in [4.69, 9.17) is 11.6 Å². The summed E-state index contributed by atoms with van der Waals surface area (Å²) in [5.41, 5.74) is 2.25. The molecule has 90 valence electrons. The molecule has 0 saturated heterocycles. The molecule has 0 spiro atoms. The summed E-state index contributed by atoms with van der Waals surface area (Å²) in [5, 5.41) is 14.8. The maximum Gasteiger partial charge on any atom is 0.130 e. The first kappa shape index (κ1) is 12.0. The van der Waals surface area contributed by atoms with Crippen molar-refractivity contribution < 1.29 is 5.11 Å². The third kappa shape index (κ3) is 2.45. The molecule has 0 radical (unpaired) electrons. The Labute approximate surface area is 104 Å². The van der Waals surface area contributed by atoms with Crippen LogP contribution in [0.4, 0.5) is 0 Å². The van der Waals surface area contributed by atoms with Crippen LogP contribution in [0.3, 0.4) is 0 Å². The minimum absolute atomic E-state index is 0.398. The van der Waals surface area contributed by atoms with Gasteiger partial charge in [-0.05, 0) is 13.0 Å². The molecule has 0 amide bonds. The molecule has 1 N–H and O–H groups in total. The van der Waals surface area contributed by atoms with Gasteiger partial charge in [-0.25, -0.2) is 9.97 Å². The van der Waals surface area contributed by atoms with Crippen LogP contribution >= 0.6 is 11.6 Å². The van der Waals surface area contributed by atoms with Crippen molar-refractivity contribution in [1.82, 2.24) is 19.7 Å². The Hall–Kier alpha value is -1.46. The van der Waals surface area contributed by atoms with Crippen LogP contribution in [0, 0.1) is 6.92 Å². The van der Waals surface area contributed by atoms with Gasteiger partial charge in [-0.1, -0.05) is 11.6 Å². The van der Waals surface area contributed by atoms with Crippen molar-refractivity contribution in [3.63, 3.8) is 0 Å². The molecule has 0 aliphatic rings. The predicted molar refractivity (Wildman–Crippen MR) is 63.7 cm³/mol. The molecule has 6 heteroatoms. The number of aliphatic hydroxyl groups is 1. The molecule has 0 aliphatic carbocycles. The van der Waals surface area contributed by atoms with Crippen LogP contribution in [0.2, 0.25) is 5.15 Å². The lowest BCUT2D eigenvalue weighted by Gasteiger charge is -2.09. The number of nitrogens with zero attached hydrogens (tertiary/aromatic N) is 4. The van der Waals surface area contributed by atoms with Crippen LogP contribution in [0.25, 0.3) is 0 Å². The van der Waals surface area contributed by atoms with Crippen molar-refractivity contribution in [2.24, 2.45) is 7.05 Å². The van der Waals surface area contributed by atoms with E-state index in [2.05, 4.69) is 15.1 Å². The Balaban J connectivity index is 2.22. The van der Waals surface area contributed by atoms with E-state index >= 15 is 0 Å². The Morgan fingerprint density at radius 3 is 2.82 bits per heavy atom. The summed E-state index contributed by atoms with van der Waals surface area (Å²) in [6, 6.07) is 1.68. The van der Waals surface area contributed by atoms with Gasteiger partial charge in [0.15, 0.2) is 0 Å². The lowest BCUT2D eigenvalue weighted by Crippen LogP contribution is -2.05. The van der Waals surface area contributed by atoms with E-state index < -0.39 is 6.10 Å². The number of hydrogen-bond acceptors (Lipinski definition) is 4. The van der Waals surface area contributed by atoms with Gasteiger partial charge in [0.1, 0.15) is 17.6 Å². The van der Waals surface area contributed by atoms with Crippen molar-refractivity contribution in [3.8, 4) is 0 Å². The highest BCUT2D eigenvalue weighted by molar-refractivity contribution is 6.30. The zero-order chi connectivity index (χ0) is 12.4. The number of aryl methyl sites for hydroxylation is 2. The van der Waals surface area contributed by atoms with Crippen LogP contribution in [0.1, 0.15) is 23.1 Å². The first-order chi connectivity index (χ1) is 8.09. The van der Waals surface area contributed by atoms with Crippen LogP contribution in [0.5, 0.6) is 0 Å². The fourth-order valence-corrected chi connectivity index (χ4v) is 1.95. The second-order valence-corrected chi connectivity index (χ2v) is 4.19. The zero-order valence-corrected chi connectivity index (χ0v) is 10.4. The second kappa shape index (κ2) is 4.81. The largest absolute Gasteiger partial charge is 0.386 e. The summed E-state index contributed by atoms with van der Waals surface area (Å²) < 4.78 is 1.60. The molecular formula is C11H13ClN4O. The lowest BCUT2D eigenvalue weighted by atomic mass is 10.1. The summed E-state index contributed by atoms with van der Waals surface area (Å²) in [7, 11) is 1.77.